The van der Waals surface area contributed by atoms with Gasteiger partial charge in [-0.15, -0.1) is 0 Å². The molecule has 4 N–H and O–H groups in total. The van der Waals surface area contributed by atoms with E-state index in [0.717, 1.165) is 29.4 Å². The van der Waals surface area contributed by atoms with E-state index in [4.69, 9.17) is 4.74 Å². The third-order valence-corrected chi connectivity index (χ3v) is 6.57. The average molecular weight is 511 g/mol. The Kier molecular flexibility index (Phi) is 6.08. The zero-order valence-electron chi connectivity index (χ0n) is 20.7. The molecule has 1 aliphatic heterocycles. The number of nitrogens with zero attached hydrogens (tertiary/aromatic N) is 4. The second-order valence-corrected chi connectivity index (χ2v) is 9.11. The first-order valence-corrected chi connectivity index (χ1v) is 12.5. The van der Waals surface area contributed by atoms with Crippen molar-refractivity contribution in [3.05, 3.63) is 66.4 Å². The molecule has 1 aliphatic rings. The van der Waals surface area contributed by atoms with Gasteiger partial charge < -0.3 is 19.9 Å². The molecule has 1 saturated heterocycles. The standard InChI is InChI=1S/C27H26N8O3/c1-2-22(36)35-14-12-17(15-35)29-25-23-21(11-13-28-24(23)33-34-25)38-18-9-7-16(8-10-18)26(37)32-27-30-19-5-3-4-6-20(19)31-27/h3-11,13,17H,2,12,14-15H2,1H3,(H2,28,29,33,34)(H2,30,31,32,37)/t17-/m1/s1. The Bertz CT molecular complexity index is 1590. The maximum absolute atomic E-state index is 12.7. The van der Waals surface area contributed by atoms with Gasteiger partial charge in [0, 0.05) is 43.4 Å². The van der Waals surface area contributed by atoms with Gasteiger partial charge in [-0.2, -0.15) is 5.10 Å². The lowest BCUT2D eigenvalue weighted by Crippen LogP contribution is -2.31. The van der Waals surface area contributed by atoms with Gasteiger partial charge in [0.2, 0.25) is 11.9 Å². The zero-order valence-corrected chi connectivity index (χ0v) is 20.7. The second-order valence-electron chi connectivity index (χ2n) is 9.11. The van der Waals surface area contributed by atoms with Crippen LogP contribution in [0.1, 0.15) is 30.1 Å². The predicted octanol–water partition coefficient (Wildman–Crippen LogP) is 4.30. The van der Waals surface area contributed by atoms with Gasteiger partial charge in [-0.25, -0.2) is 9.97 Å². The molecule has 0 bridgehead atoms. The highest BCUT2D eigenvalue weighted by Crippen LogP contribution is 2.33. The van der Waals surface area contributed by atoms with Crippen molar-refractivity contribution in [2.24, 2.45) is 0 Å². The lowest BCUT2D eigenvalue weighted by atomic mass is 10.2. The number of anilines is 2. The molecule has 0 aliphatic carbocycles. The minimum absolute atomic E-state index is 0.0922. The van der Waals surface area contributed by atoms with Crippen LogP contribution in [0.5, 0.6) is 11.5 Å². The lowest BCUT2D eigenvalue weighted by Gasteiger charge is -2.16. The van der Waals surface area contributed by atoms with Crippen molar-refractivity contribution in [2.45, 2.75) is 25.8 Å². The quantitative estimate of drug-likeness (QED) is 0.256. The minimum Gasteiger partial charge on any atom is -0.456 e. The van der Waals surface area contributed by atoms with Gasteiger partial charge in [-0.05, 0) is 42.8 Å². The zero-order chi connectivity index (χ0) is 26.1. The molecular weight excluding hydrogens is 484 g/mol. The molecule has 0 saturated carbocycles. The van der Waals surface area contributed by atoms with E-state index in [0.29, 0.717) is 47.4 Å². The summed E-state index contributed by atoms with van der Waals surface area (Å²) in [4.78, 5) is 38.5. The first kappa shape index (κ1) is 23.5. The van der Waals surface area contributed by atoms with E-state index < -0.39 is 0 Å². The van der Waals surface area contributed by atoms with Crippen LogP contribution in [-0.4, -0.2) is 61.0 Å². The maximum Gasteiger partial charge on any atom is 0.257 e. The van der Waals surface area contributed by atoms with Crippen LogP contribution in [0.3, 0.4) is 0 Å². The van der Waals surface area contributed by atoms with E-state index in [1.807, 2.05) is 36.1 Å². The molecular formula is C27H26N8O3. The largest absolute Gasteiger partial charge is 0.456 e. The molecule has 4 heterocycles. The van der Waals surface area contributed by atoms with Crippen LogP contribution >= 0.6 is 0 Å². The van der Waals surface area contributed by atoms with Crippen LogP contribution in [0.4, 0.5) is 11.8 Å². The van der Waals surface area contributed by atoms with Crippen molar-refractivity contribution in [3.63, 3.8) is 0 Å². The Morgan fingerprint density at radius 2 is 1.97 bits per heavy atom. The molecule has 0 radical (unpaired) electrons. The fraction of sp³-hybridized carbons (Fsp3) is 0.222. The summed E-state index contributed by atoms with van der Waals surface area (Å²) in [6.07, 6.45) is 2.99. The molecule has 1 atom stereocenters. The van der Waals surface area contributed by atoms with Gasteiger partial charge >= 0.3 is 0 Å². The SMILES string of the molecule is CCC(=O)N1CC[C@@H](Nc2n[nH]c3nccc(Oc4ccc(C(=O)Nc5nc6ccccc6[nH]5)cc4)c23)C1. The molecule has 11 nitrogen and oxygen atoms in total. The van der Waals surface area contributed by atoms with Crippen LogP contribution in [-0.2, 0) is 4.79 Å². The fourth-order valence-electron chi connectivity index (χ4n) is 4.63. The number of H-pyrrole nitrogens is 2. The summed E-state index contributed by atoms with van der Waals surface area (Å²) < 4.78 is 6.17. The molecule has 0 unspecified atom stereocenters. The summed E-state index contributed by atoms with van der Waals surface area (Å²) in [5, 5.41) is 14.3. The summed E-state index contributed by atoms with van der Waals surface area (Å²) >= 11 is 0. The third kappa shape index (κ3) is 4.61. The van der Waals surface area contributed by atoms with E-state index in [9.17, 15) is 9.59 Å². The smallest absolute Gasteiger partial charge is 0.257 e. The van der Waals surface area contributed by atoms with E-state index in [2.05, 4.69) is 35.8 Å². The van der Waals surface area contributed by atoms with Crippen molar-refractivity contribution in [2.75, 3.05) is 23.7 Å². The summed E-state index contributed by atoms with van der Waals surface area (Å²) in [5.74, 6) is 2.02. The van der Waals surface area contributed by atoms with Gasteiger partial charge in [0.05, 0.1) is 11.0 Å². The maximum atomic E-state index is 12.7. The summed E-state index contributed by atoms with van der Waals surface area (Å²) in [6, 6.07) is 16.3. The summed E-state index contributed by atoms with van der Waals surface area (Å²) in [6.45, 7) is 3.24. The highest BCUT2D eigenvalue weighted by molar-refractivity contribution is 6.04. The molecule has 3 aromatic heterocycles. The van der Waals surface area contributed by atoms with Crippen LogP contribution in [0.15, 0.2) is 60.8 Å². The molecule has 6 rings (SSSR count). The molecule has 1 fully saturated rings. The fourth-order valence-corrected chi connectivity index (χ4v) is 4.63. The number of benzene rings is 2. The number of hydrogen-bond acceptors (Lipinski definition) is 7. The molecule has 2 amide bonds. The second kappa shape index (κ2) is 9.85. The number of ether oxygens (including phenoxy) is 1. The van der Waals surface area contributed by atoms with Crippen LogP contribution in [0.2, 0.25) is 0 Å². The Labute approximate surface area is 217 Å². The number of fused-ring (bicyclic) bond motifs is 2. The number of pyridine rings is 1. The molecule has 11 heteroatoms. The van der Waals surface area contributed by atoms with Crippen molar-refractivity contribution < 1.29 is 14.3 Å². The Balaban J connectivity index is 1.16. The molecule has 192 valence electrons. The summed E-state index contributed by atoms with van der Waals surface area (Å²) in [5.41, 5.74) is 2.69. The topological polar surface area (TPSA) is 141 Å². The number of imidazole rings is 1. The van der Waals surface area contributed by atoms with E-state index in [1.165, 1.54) is 0 Å². The van der Waals surface area contributed by atoms with Crippen molar-refractivity contribution in [1.29, 1.82) is 0 Å². The van der Waals surface area contributed by atoms with Crippen LogP contribution in [0, 0.1) is 0 Å². The highest BCUT2D eigenvalue weighted by Gasteiger charge is 2.26. The lowest BCUT2D eigenvalue weighted by molar-refractivity contribution is -0.129. The molecule has 5 aromatic rings. The Hall–Kier alpha value is -4.93. The number of carbonyl (C=O) groups is 2. The van der Waals surface area contributed by atoms with Crippen molar-refractivity contribution >= 4 is 45.6 Å². The molecule has 0 spiro atoms. The van der Waals surface area contributed by atoms with Gasteiger partial charge in [0.15, 0.2) is 11.5 Å². The van der Waals surface area contributed by atoms with Gasteiger partial charge in [-0.1, -0.05) is 19.1 Å². The Morgan fingerprint density at radius 1 is 1.13 bits per heavy atom. The minimum atomic E-state index is -0.282. The Morgan fingerprint density at radius 3 is 2.79 bits per heavy atom. The van der Waals surface area contributed by atoms with Crippen LogP contribution < -0.4 is 15.4 Å². The number of aromatic nitrogens is 5. The molecule has 38 heavy (non-hydrogen) atoms. The highest BCUT2D eigenvalue weighted by atomic mass is 16.5. The van der Waals surface area contributed by atoms with Gasteiger partial charge in [0.25, 0.3) is 5.91 Å². The predicted molar refractivity (Wildman–Crippen MR) is 143 cm³/mol. The van der Waals surface area contributed by atoms with Gasteiger partial charge in [-0.3, -0.25) is 20.0 Å². The first-order valence-electron chi connectivity index (χ1n) is 12.5. The number of aromatic amines is 2. The number of rotatable bonds is 7. The number of nitrogens with one attached hydrogen (secondary N) is 4. The van der Waals surface area contributed by atoms with E-state index in [-0.39, 0.29) is 17.9 Å². The number of hydrogen-bond donors (Lipinski definition) is 4. The van der Waals surface area contributed by atoms with Crippen LogP contribution in [0.25, 0.3) is 22.1 Å². The van der Waals surface area contributed by atoms with Gasteiger partial charge in [0.1, 0.15) is 16.9 Å². The number of para-hydroxylation sites is 2. The molecule has 2 aromatic carbocycles. The van der Waals surface area contributed by atoms with Crippen molar-refractivity contribution in [1.82, 2.24) is 30.0 Å². The van der Waals surface area contributed by atoms with Crippen molar-refractivity contribution in [3.8, 4) is 11.5 Å². The van der Waals surface area contributed by atoms with E-state index in [1.54, 1.807) is 36.5 Å². The third-order valence-electron chi connectivity index (χ3n) is 6.57. The average Bonchev–Trinajstić information content (AvgIpc) is 3.68. The summed E-state index contributed by atoms with van der Waals surface area (Å²) in [7, 11) is 0. The first-order chi connectivity index (χ1) is 18.6. The number of amides is 2. The number of likely N-dealkylation sites (tertiary alicyclic amines) is 1. The normalized spacial score (nSPS) is 15.2. The monoisotopic (exact) mass is 510 g/mol. The van der Waals surface area contributed by atoms with E-state index >= 15 is 0 Å². The number of carbonyl (C=O) groups excluding carboxylic acids is 2.